The van der Waals surface area contributed by atoms with Crippen LogP contribution >= 0.6 is 11.6 Å². The largest absolute Gasteiger partial charge is 0.508 e. The summed E-state index contributed by atoms with van der Waals surface area (Å²) in [5, 5.41) is 125. The average Bonchev–Trinajstić information content (AvgIpc) is 0.760. The van der Waals surface area contributed by atoms with Crippen molar-refractivity contribution in [2.75, 3.05) is 30.8 Å². The molecule has 18 atom stereocenters. The van der Waals surface area contributed by atoms with Gasteiger partial charge in [0.15, 0.2) is 23.9 Å². The van der Waals surface area contributed by atoms with Crippen molar-refractivity contribution >= 4 is 76.3 Å². The fourth-order valence-corrected chi connectivity index (χ4v) is 18.8. The zero-order chi connectivity index (χ0) is 88.6. The number of aliphatic hydroxyl groups is 6. The van der Waals surface area contributed by atoms with Gasteiger partial charge in [-0.3, -0.25) is 43.7 Å². The predicted octanol–water partition coefficient (Wildman–Crippen LogP) is 5.05. The summed E-state index contributed by atoms with van der Waals surface area (Å²) in [6.45, 7) is 9.70. The third kappa shape index (κ3) is 19.2. The molecule has 17 rings (SSSR count). The number of carbonyl (C=O) groups excluding carboxylic acids is 9. The number of hydrogen-bond acceptors (Lipinski definition) is 26. The number of ether oxygens (including phenoxy) is 6. The molecule has 10 amide bonds. The summed E-state index contributed by atoms with van der Waals surface area (Å²) in [7, 11) is 1.50. The number of rotatable bonds is 19. The Labute approximate surface area is 719 Å². The molecule has 0 radical (unpaired) electrons. The van der Waals surface area contributed by atoms with E-state index >= 15 is 28.8 Å². The van der Waals surface area contributed by atoms with E-state index in [9.17, 15) is 55.2 Å². The van der Waals surface area contributed by atoms with E-state index in [-0.39, 0.29) is 103 Å². The van der Waals surface area contributed by atoms with E-state index in [0.717, 1.165) is 62.8 Å². The number of phenolic OH excluding ortho intramolecular Hbond substituents is 2. The molecular weight excluding hydrogens is 1630 g/mol. The molecule has 6 fully saturated rings. The van der Waals surface area contributed by atoms with Crippen molar-refractivity contribution in [3.05, 3.63) is 147 Å². The number of fused-ring (bicyclic) bond motifs is 15. The van der Waals surface area contributed by atoms with E-state index in [4.69, 9.17) is 45.8 Å². The first-order valence-electron chi connectivity index (χ1n) is 42.0. The molecule has 11 aliphatic rings. The SMILES string of the molecule is CCCCNc1ccc(NC(=O)NC(=O)C[C@@H]2NC(=O)[C@H](NC(=O)[C@@H](CCC)NC)[C@H](O)c3ccc(c(C)c3)Oc3cc4cc(c3O[C@@H]3O[C@H](CO)[C@@H](O)[C@H](O)[C@H]3O[C@H]3C[C@](C)(N)[C@H](O)[C@H](C)O3)Oc3ccc(cc3Cl)[C@@H](O)[C@@H]3NC(=O)[C@H](NC(=O)[C@@H]4NC2=O)c2ccc(O)c(c2)-c2c(C)cc(O)cc2[C@@H](C(=O)NC2C4CC5CC(C4)CC2C5)NC3=O)cc1. The van der Waals surface area contributed by atoms with Crippen molar-refractivity contribution in [1.29, 1.82) is 0 Å². The van der Waals surface area contributed by atoms with Crippen LogP contribution in [0.15, 0.2) is 103 Å². The quantitative estimate of drug-likeness (QED) is 0.0472. The molecule has 36 heteroatoms. The number of aromatic hydroxyl groups is 2. The van der Waals surface area contributed by atoms with E-state index in [2.05, 4.69) is 58.5 Å². The molecule has 2 saturated heterocycles. The predicted molar refractivity (Wildman–Crippen MR) is 447 cm³/mol. The molecule has 124 heavy (non-hydrogen) atoms. The van der Waals surface area contributed by atoms with Gasteiger partial charge in [0.05, 0.1) is 36.3 Å². The molecule has 4 aliphatic carbocycles. The lowest BCUT2D eigenvalue weighted by molar-refractivity contribution is -0.333. The molecule has 4 saturated carbocycles. The Kier molecular flexibility index (Phi) is 27.1. The zero-order valence-electron chi connectivity index (χ0n) is 69.4. The van der Waals surface area contributed by atoms with E-state index in [0.29, 0.717) is 24.8 Å². The molecule has 21 N–H and O–H groups in total. The Balaban J connectivity index is 0.955. The second-order valence-corrected chi connectivity index (χ2v) is 34.4. The lowest BCUT2D eigenvalue weighted by Gasteiger charge is -2.54. The second-order valence-electron chi connectivity index (χ2n) is 34.0. The Morgan fingerprint density at radius 1 is 0.669 bits per heavy atom. The van der Waals surface area contributed by atoms with Crippen molar-refractivity contribution in [3.63, 3.8) is 0 Å². The minimum absolute atomic E-state index is 0.0422. The van der Waals surface area contributed by atoms with E-state index in [1.807, 2.05) is 6.92 Å². The van der Waals surface area contributed by atoms with Gasteiger partial charge in [0.25, 0.3) is 0 Å². The molecule has 664 valence electrons. The van der Waals surface area contributed by atoms with Crippen LogP contribution in [0.2, 0.25) is 5.02 Å². The Hall–Kier alpha value is -10.8. The van der Waals surface area contributed by atoms with Crippen LogP contribution in [-0.2, 0) is 52.6 Å². The van der Waals surface area contributed by atoms with Gasteiger partial charge in [0.2, 0.25) is 59.3 Å². The highest BCUT2D eigenvalue weighted by molar-refractivity contribution is 6.32. The van der Waals surface area contributed by atoms with E-state index in [1.54, 1.807) is 38.1 Å². The molecule has 7 heterocycles. The normalized spacial score (nSPS) is 30.4. The van der Waals surface area contributed by atoms with Gasteiger partial charge in [-0.1, -0.05) is 56.5 Å². The number of carbonyl (C=O) groups is 9. The third-order valence-corrected chi connectivity index (χ3v) is 25.2. The van der Waals surface area contributed by atoms with Gasteiger partial charge < -0.3 is 128 Å². The minimum Gasteiger partial charge on any atom is -0.508 e. The molecule has 35 nitrogen and oxygen atoms in total. The number of likely N-dealkylation sites (N-methyl/N-ethyl adjacent to an activating group) is 1. The van der Waals surface area contributed by atoms with Gasteiger partial charge in [-0.25, -0.2) is 4.79 Å². The number of phenols is 2. The first kappa shape index (κ1) is 89.5. The van der Waals surface area contributed by atoms with Crippen LogP contribution in [0.5, 0.6) is 40.2 Å². The van der Waals surface area contributed by atoms with Crippen LogP contribution in [0.4, 0.5) is 16.2 Å². The Morgan fingerprint density at radius 3 is 1.97 bits per heavy atom. The Morgan fingerprint density at radius 2 is 1.31 bits per heavy atom. The molecular formula is C88H107ClN12O23. The number of imide groups is 1. The number of nitrogens with one attached hydrogen (secondary N) is 11. The standard InChI is InChI=1S/C88H107ClN12O23/c1-8-10-22-92-49-15-17-50(18-16-49)93-87(118)95-63(105)35-56-80(112)97-68-48-32-60(120-58-20-13-44(23-38(58)3)72(106)70(84(116)94-56)100-79(111)55(91-7)11-9-2)76(124-86-77(75(109)74(108)62(37-102)122-86)123-64-36-88(6,90)78(110)40(5)119-64)61(33-48)121-59-21-14-45(31-54(59)89)73(107)71-85(117)99-69(83(115)96-66-46-26-41-25-42(28-46)29-47(66)27-41)53-34-51(103)24-39(4)65(53)52-30-43(12-19-57(52)104)67(81(113)101-71)98-82(68)114/h12-21,23-24,30-34,40-42,46-47,55-56,62,64,66-75,77-78,86,91-92,102-104,106-110H,8-11,22,25-29,35-37,90H2,1-7H3,(H,94,116)(H,96,115)(H,97,112)(H,98,114)(H,99,117)(H,100,111)(H,101,113)(H2,93,95,105,118)/t40-,41?,42?,46?,47?,55+,56-,62+,64-,66?,67+,68+,69-,70+,71-,72+,73+,74+,75-,77+,78+,86-,88-/m0/s1. The summed E-state index contributed by atoms with van der Waals surface area (Å²) >= 11 is 7.32. The number of nitrogens with two attached hydrogens (primary N) is 1. The summed E-state index contributed by atoms with van der Waals surface area (Å²) in [6.07, 6.45) is -11.5. The highest BCUT2D eigenvalue weighted by Gasteiger charge is 2.53. The summed E-state index contributed by atoms with van der Waals surface area (Å²) in [6, 6.07) is 7.71. The van der Waals surface area contributed by atoms with Gasteiger partial charge >= 0.3 is 6.03 Å². The second kappa shape index (κ2) is 37.6. The van der Waals surface area contributed by atoms with Crippen molar-refractivity contribution in [3.8, 4) is 51.4 Å². The summed E-state index contributed by atoms with van der Waals surface area (Å²) in [5.74, 6) is -11.1. The maximum atomic E-state index is 16.7. The van der Waals surface area contributed by atoms with Crippen molar-refractivity contribution < 1.29 is 112 Å². The van der Waals surface area contributed by atoms with Gasteiger partial charge in [-0.05, 0) is 233 Å². The van der Waals surface area contributed by atoms with Crippen LogP contribution in [-0.4, -0.2) is 199 Å². The van der Waals surface area contributed by atoms with Crippen molar-refractivity contribution in [2.45, 2.75) is 227 Å². The highest BCUT2D eigenvalue weighted by atomic mass is 35.5. The zero-order valence-corrected chi connectivity index (χ0v) is 70.1. The number of benzene rings is 6. The summed E-state index contributed by atoms with van der Waals surface area (Å²) in [5.41, 5.74) is 5.69. The first-order chi connectivity index (χ1) is 59.2. The molecule has 15 bridgehead atoms. The topological polar surface area (TPSA) is 529 Å². The number of aliphatic hydroxyl groups excluding tert-OH is 6. The number of unbranched alkanes of at least 4 members (excludes halogenated alkanes) is 1. The fraction of sp³-hybridized carbons (Fsp3) is 0.489. The number of halogens is 1. The van der Waals surface area contributed by atoms with Gasteiger partial charge in [-0.15, -0.1) is 0 Å². The molecule has 6 aromatic rings. The smallest absolute Gasteiger partial charge is 0.325 e. The average molecular weight is 1740 g/mol. The molecule has 6 aromatic carbocycles. The van der Waals surface area contributed by atoms with Crippen LogP contribution in [0, 0.1) is 37.5 Å². The Bertz CT molecular complexity index is 5030. The molecule has 0 aromatic heterocycles. The summed E-state index contributed by atoms with van der Waals surface area (Å²) < 4.78 is 39.4. The van der Waals surface area contributed by atoms with Gasteiger partial charge in [0, 0.05) is 41.5 Å². The van der Waals surface area contributed by atoms with E-state index < -0.39 is 204 Å². The number of amides is 10. The lowest BCUT2D eigenvalue weighted by atomic mass is 9.54. The molecule has 0 unspecified atom stereocenters. The number of aryl methyl sites for hydroxylation is 2. The van der Waals surface area contributed by atoms with Crippen LogP contribution < -0.4 is 78.4 Å². The maximum absolute atomic E-state index is 16.7. The van der Waals surface area contributed by atoms with Crippen LogP contribution in [0.25, 0.3) is 11.1 Å². The van der Waals surface area contributed by atoms with Gasteiger partial charge in [-0.2, -0.15) is 0 Å². The van der Waals surface area contributed by atoms with E-state index in [1.165, 1.54) is 94.5 Å². The first-order valence-corrected chi connectivity index (χ1v) is 42.3. The minimum atomic E-state index is -2.34. The highest BCUT2D eigenvalue weighted by Crippen LogP contribution is 2.55. The van der Waals surface area contributed by atoms with Gasteiger partial charge in [0.1, 0.15) is 89.8 Å². The maximum Gasteiger partial charge on any atom is 0.325 e. The number of anilines is 2. The number of urea groups is 1. The fourth-order valence-electron chi connectivity index (χ4n) is 18.6. The van der Waals surface area contributed by atoms with Crippen molar-refractivity contribution in [1.82, 2.24) is 47.9 Å². The van der Waals surface area contributed by atoms with Crippen molar-refractivity contribution in [2.24, 2.45) is 29.4 Å². The molecule has 7 aliphatic heterocycles. The third-order valence-electron chi connectivity index (χ3n) is 24.9. The number of hydrogen-bond donors (Lipinski definition) is 20. The van der Waals surface area contributed by atoms with Crippen LogP contribution in [0.1, 0.15) is 168 Å². The summed E-state index contributed by atoms with van der Waals surface area (Å²) in [4.78, 5) is 139. The monoisotopic (exact) mass is 1730 g/mol. The molecule has 0 spiro atoms. The lowest BCUT2D eigenvalue weighted by Crippen LogP contribution is -2.64. The van der Waals surface area contributed by atoms with Crippen LogP contribution in [0.3, 0.4) is 0 Å².